The summed E-state index contributed by atoms with van der Waals surface area (Å²) in [5.74, 6) is -0.873. The van der Waals surface area contributed by atoms with E-state index in [1.807, 2.05) is 49.4 Å². The second-order valence-electron chi connectivity index (χ2n) is 8.40. The van der Waals surface area contributed by atoms with E-state index in [2.05, 4.69) is 11.4 Å². The van der Waals surface area contributed by atoms with E-state index < -0.39 is 17.4 Å². The summed E-state index contributed by atoms with van der Waals surface area (Å²) in [4.78, 5) is 25.1. The van der Waals surface area contributed by atoms with Crippen LogP contribution in [0.4, 0.5) is 0 Å². The van der Waals surface area contributed by atoms with Crippen LogP contribution in [0.5, 0.6) is 11.5 Å². The quantitative estimate of drug-likeness (QED) is 0.577. The molecule has 170 valence electrons. The summed E-state index contributed by atoms with van der Waals surface area (Å²) in [6.45, 7) is 2.45. The number of benzene rings is 3. The van der Waals surface area contributed by atoms with E-state index in [1.165, 1.54) is 12.7 Å². The van der Waals surface area contributed by atoms with Crippen molar-refractivity contribution in [3.63, 3.8) is 0 Å². The molecule has 0 aromatic heterocycles. The second-order valence-corrected chi connectivity index (χ2v) is 8.40. The summed E-state index contributed by atoms with van der Waals surface area (Å²) in [6, 6.07) is 20.5. The third kappa shape index (κ3) is 4.85. The molecule has 1 aliphatic rings. The Balaban J connectivity index is 1.49. The Morgan fingerprint density at radius 1 is 0.970 bits per heavy atom. The molecule has 33 heavy (non-hydrogen) atoms. The number of amides is 1. The number of carbonyl (C=O) groups excluding carboxylic acids is 2. The third-order valence-corrected chi connectivity index (χ3v) is 6.00. The van der Waals surface area contributed by atoms with Crippen LogP contribution in [0.15, 0.2) is 66.7 Å². The van der Waals surface area contributed by atoms with Crippen LogP contribution in [0, 0.1) is 6.92 Å². The van der Waals surface area contributed by atoms with Gasteiger partial charge in [0.05, 0.1) is 25.2 Å². The number of carboxylic acid groups (broad SMARTS) is 1. The fourth-order valence-electron chi connectivity index (χ4n) is 4.27. The number of nitrogens with one attached hydrogen (secondary N) is 1. The first-order chi connectivity index (χ1) is 15.9. The molecule has 0 atom stereocenters. The molecule has 1 aliphatic carbocycles. The summed E-state index contributed by atoms with van der Waals surface area (Å²) in [6.07, 6.45) is 1.08. The third-order valence-electron chi connectivity index (χ3n) is 6.00. The maximum atomic E-state index is 13.0. The first kappa shape index (κ1) is 22.4. The molecular formula is C27H26NO5-. The van der Waals surface area contributed by atoms with Crippen molar-refractivity contribution in [1.29, 1.82) is 0 Å². The predicted octanol–water partition coefficient (Wildman–Crippen LogP) is 2.64. The minimum atomic E-state index is -1.48. The minimum absolute atomic E-state index is 0.188. The van der Waals surface area contributed by atoms with Gasteiger partial charge < -0.3 is 24.7 Å². The molecule has 0 saturated heterocycles. The van der Waals surface area contributed by atoms with E-state index in [9.17, 15) is 14.7 Å². The van der Waals surface area contributed by atoms with Gasteiger partial charge in [0.15, 0.2) is 11.5 Å². The van der Waals surface area contributed by atoms with Gasteiger partial charge in [0, 0.05) is 24.8 Å². The molecule has 0 radical (unpaired) electrons. The zero-order valence-corrected chi connectivity index (χ0v) is 18.7. The van der Waals surface area contributed by atoms with Crippen molar-refractivity contribution in [2.45, 2.75) is 31.7 Å². The summed E-state index contributed by atoms with van der Waals surface area (Å²) < 4.78 is 11.3. The van der Waals surface area contributed by atoms with E-state index in [-0.39, 0.29) is 18.4 Å². The van der Waals surface area contributed by atoms with Crippen LogP contribution in [0.25, 0.3) is 0 Å². The highest BCUT2D eigenvalue weighted by molar-refractivity contribution is 5.98. The van der Waals surface area contributed by atoms with Crippen LogP contribution < -0.4 is 19.9 Å². The largest absolute Gasteiger partial charge is 0.548 e. The van der Waals surface area contributed by atoms with E-state index in [0.29, 0.717) is 24.5 Å². The van der Waals surface area contributed by atoms with Crippen LogP contribution in [0.3, 0.4) is 0 Å². The molecule has 1 amide bonds. The Kier molecular flexibility index (Phi) is 6.36. The standard InChI is InChI=1S/C27H27NO5/c1-18-6-5-7-19(14-18)12-13-33-24-15-20(10-11-23(24)32-2)25(29)28-27(26(30)31)16-21-8-3-4-9-22(21)17-27/h3-11,14-15H,12-13,16-17H2,1-2H3,(H,28,29)(H,30,31)/p-1. The summed E-state index contributed by atoms with van der Waals surface area (Å²) >= 11 is 0. The number of aliphatic carboxylic acids is 1. The van der Waals surface area contributed by atoms with Gasteiger partial charge in [-0.3, -0.25) is 4.79 Å². The summed E-state index contributed by atoms with van der Waals surface area (Å²) in [5, 5.41) is 14.8. The van der Waals surface area contributed by atoms with Gasteiger partial charge in [0.1, 0.15) is 0 Å². The zero-order valence-electron chi connectivity index (χ0n) is 18.7. The Morgan fingerprint density at radius 3 is 2.33 bits per heavy atom. The molecule has 6 heteroatoms. The second kappa shape index (κ2) is 9.36. The van der Waals surface area contributed by atoms with Gasteiger partial charge in [-0.2, -0.15) is 0 Å². The van der Waals surface area contributed by atoms with Crippen LogP contribution in [0.2, 0.25) is 0 Å². The van der Waals surface area contributed by atoms with Gasteiger partial charge in [-0.1, -0.05) is 54.1 Å². The van der Waals surface area contributed by atoms with E-state index in [4.69, 9.17) is 9.47 Å². The molecule has 0 aliphatic heterocycles. The van der Waals surface area contributed by atoms with E-state index >= 15 is 0 Å². The topological polar surface area (TPSA) is 87.7 Å². The van der Waals surface area contributed by atoms with Crippen LogP contribution in [0.1, 0.15) is 32.6 Å². The molecule has 6 nitrogen and oxygen atoms in total. The van der Waals surface area contributed by atoms with Gasteiger partial charge >= 0.3 is 0 Å². The van der Waals surface area contributed by atoms with Crippen LogP contribution >= 0.6 is 0 Å². The van der Waals surface area contributed by atoms with Crippen molar-refractivity contribution in [1.82, 2.24) is 5.32 Å². The minimum Gasteiger partial charge on any atom is -0.548 e. The smallest absolute Gasteiger partial charge is 0.252 e. The number of methoxy groups -OCH3 is 1. The number of hydrogen-bond donors (Lipinski definition) is 1. The van der Waals surface area contributed by atoms with Crippen molar-refractivity contribution in [3.8, 4) is 11.5 Å². The average Bonchev–Trinajstić information content (AvgIpc) is 3.18. The monoisotopic (exact) mass is 444 g/mol. The lowest BCUT2D eigenvalue weighted by molar-refractivity contribution is -0.313. The summed E-state index contributed by atoms with van der Waals surface area (Å²) in [7, 11) is 1.53. The van der Waals surface area contributed by atoms with Crippen LogP contribution in [-0.2, 0) is 24.1 Å². The number of aryl methyl sites for hydroxylation is 1. The highest BCUT2D eigenvalue weighted by Gasteiger charge is 2.40. The molecule has 3 aromatic carbocycles. The fraction of sp³-hybridized carbons (Fsp3) is 0.259. The van der Waals surface area contributed by atoms with E-state index in [0.717, 1.165) is 16.7 Å². The number of hydrogen-bond acceptors (Lipinski definition) is 5. The lowest BCUT2D eigenvalue weighted by Gasteiger charge is -2.31. The lowest BCUT2D eigenvalue weighted by atomic mass is 9.95. The zero-order chi connectivity index (χ0) is 23.4. The predicted molar refractivity (Wildman–Crippen MR) is 122 cm³/mol. The van der Waals surface area contributed by atoms with Gasteiger partial charge in [-0.15, -0.1) is 0 Å². The molecule has 0 heterocycles. The molecule has 0 saturated carbocycles. The van der Waals surface area contributed by atoms with Crippen molar-refractivity contribution in [3.05, 3.63) is 94.5 Å². The first-order valence-electron chi connectivity index (χ1n) is 10.9. The Morgan fingerprint density at radius 2 is 1.70 bits per heavy atom. The Hall–Kier alpha value is -3.80. The van der Waals surface area contributed by atoms with Gasteiger partial charge in [0.25, 0.3) is 5.91 Å². The number of ether oxygens (including phenoxy) is 2. The number of carboxylic acids is 1. The number of rotatable bonds is 8. The molecular weight excluding hydrogens is 418 g/mol. The van der Waals surface area contributed by atoms with Crippen molar-refractivity contribution in [2.75, 3.05) is 13.7 Å². The maximum Gasteiger partial charge on any atom is 0.252 e. The SMILES string of the molecule is COc1ccc(C(=O)NC2(C(=O)[O-])Cc3ccccc3C2)cc1OCCc1cccc(C)c1. The molecule has 0 bridgehead atoms. The van der Waals surface area contributed by atoms with Crippen LogP contribution in [-0.4, -0.2) is 31.1 Å². The molecule has 0 unspecified atom stereocenters. The number of fused-ring (bicyclic) bond motifs is 1. The highest BCUT2D eigenvalue weighted by atomic mass is 16.5. The van der Waals surface area contributed by atoms with Gasteiger partial charge in [0.2, 0.25) is 0 Å². The van der Waals surface area contributed by atoms with Crippen molar-refractivity contribution >= 4 is 11.9 Å². The lowest BCUT2D eigenvalue weighted by Crippen LogP contribution is -2.60. The molecule has 3 aromatic rings. The Labute approximate surface area is 193 Å². The fourth-order valence-corrected chi connectivity index (χ4v) is 4.27. The van der Waals surface area contributed by atoms with Crippen molar-refractivity contribution in [2.24, 2.45) is 0 Å². The van der Waals surface area contributed by atoms with Gasteiger partial charge in [-0.25, -0.2) is 0 Å². The average molecular weight is 445 g/mol. The van der Waals surface area contributed by atoms with Gasteiger partial charge in [-0.05, 0) is 41.8 Å². The highest BCUT2D eigenvalue weighted by Crippen LogP contribution is 2.32. The molecule has 0 spiro atoms. The first-order valence-corrected chi connectivity index (χ1v) is 10.9. The van der Waals surface area contributed by atoms with E-state index in [1.54, 1.807) is 18.2 Å². The van der Waals surface area contributed by atoms with Crippen molar-refractivity contribution < 1.29 is 24.2 Å². The molecule has 0 fully saturated rings. The number of carbonyl (C=O) groups is 2. The normalized spacial score (nSPS) is 13.8. The molecule has 4 rings (SSSR count). The Bertz CT molecular complexity index is 1160. The molecule has 1 N–H and O–H groups in total. The summed E-state index contributed by atoms with van der Waals surface area (Å²) in [5.41, 5.74) is 2.94. The maximum absolute atomic E-state index is 13.0.